The summed E-state index contributed by atoms with van der Waals surface area (Å²) in [6.07, 6.45) is 0. The van der Waals surface area contributed by atoms with Crippen LogP contribution in [0.15, 0.2) is 65.5 Å². The monoisotopic (exact) mass is 333 g/mol. The van der Waals surface area contributed by atoms with Gasteiger partial charge in [0.25, 0.3) is 0 Å². The third kappa shape index (κ3) is 3.32. The number of H-pyrrole nitrogens is 1. The predicted octanol–water partition coefficient (Wildman–Crippen LogP) is 1.91. The molecule has 0 bridgehead atoms. The second-order valence-electron chi connectivity index (χ2n) is 5.50. The summed E-state index contributed by atoms with van der Waals surface area (Å²) in [5, 5.41) is 0. The van der Waals surface area contributed by atoms with Crippen molar-refractivity contribution in [3.63, 3.8) is 0 Å². The van der Waals surface area contributed by atoms with Gasteiger partial charge in [0.1, 0.15) is 0 Å². The lowest BCUT2D eigenvalue weighted by molar-refractivity contribution is 0.0992. The first-order valence-corrected chi connectivity index (χ1v) is 7.49. The molecule has 2 aromatic carbocycles. The number of rotatable bonds is 4. The van der Waals surface area contributed by atoms with Gasteiger partial charge in [0, 0.05) is 22.8 Å². The molecule has 0 aliphatic carbocycles. The van der Waals surface area contributed by atoms with Gasteiger partial charge in [-0.05, 0) is 41.5 Å². The number of carbonyl (C=O) groups excluding carboxylic acids is 2. The Morgan fingerprint density at radius 3 is 1.92 bits per heavy atom. The standard InChI is InChI=1S/C19H15N3O3/c20-18(24)13-5-1-3-11(9-13)15-7-8-16(23)22-17(15)12-4-2-6-14(10-12)19(21)25/h1-10H,(H2,20,24)(H2,21,25)(H,22,23). The van der Waals surface area contributed by atoms with Crippen molar-refractivity contribution >= 4 is 11.8 Å². The van der Waals surface area contributed by atoms with Gasteiger partial charge in [-0.25, -0.2) is 0 Å². The minimum atomic E-state index is -0.558. The molecule has 1 heterocycles. The first-order valence-electron chi connectivity index (χ1n) is 7.49. The molecule has 0 saturated heterocycles. The molecule has 0 spiro atoms. The van der Waals surface area contributed by atoms with Crippen molar-refractivity contribution in [3.05, 3.63) is 82.1 Å². The average molecular weight is 333 g/mol. The van der Waals surface area contributed by atoms with E-state index in [1.165, 1.54) is 6.07 Å². The van der Waals surface area contributed by atoms with Crippen molar-refractivity contribution in [3.8, 4) is 22.4 Å². The van der Waals surface area contributed by atoms with E-state index >= 15 is 0 Å². The molecule has 6 heteroatoms. The number of aromatic amines is 1. The van der Waals surface area contributed by atoms with Gasteiger partial charge < -0.3 is 16.5 Å². The highest BCUT2D eigenvalue weighted by Crippen LogP contribution is 2.30. The number of pyridine rings is 1. The zero-order chi connectivity index (χ0) is 18.0. The Balaban J connectivity index is 2.22. The molecule has 0 radical (unpaired) electrons. The molecule has 0 aliphatic heterocycles. The minimum absolute atomic E-state index is 0.283. The Kier molecular flexibility index (Phi) is 4.18. The lowest BCUT2D eigenvalue weighted by Gasteiger charge is -2.11. The molecule has 0 fully saturated rings. The molecule has 25 heavy (non-hydrogen) atoms. The summed E-state index contributed by atoms with van der Waals surface area (Å²) in [5.74, 6) is -1.10. The third-order valence-electron chi connectivity index (χ3n) is 3.81. The predicted molar refractivity (Wildman–Crippen MR) is 95.0 cm³/mol. The molecule has 3 rings (SSSR count). The van der Waals surface area contributed by atoms with E-state index in [0.717, 1.165) is 0 Å². The zero-order valence-electron chi connectivity index (χ0n) is 13.2. The van der Waals surface area contributed by atoms with E-state index < -0.39 is 11.8 Å². The van der Waals surface area contributed by atoms with Crippen LogP contribution in [0.1, 0.15) is 20.7 Å². The van der Waals surface area contributed by atoms with Gasteiger partial charge in [-0.15, -0.1) is 0 Å². The van der Waals surface area contributed by atoms with Crippen molar-refractivity contribution in [1.29, 1.82) is 0 Å². The Morgan fingerprint density at radius 1 is 0.760 bits per heavy atom. The van der Waals surface area contributed by atoms with Gasteiger partial charge in [-0.2, -0.15) is 0 Å². The average Bonchev–Trinajstić information content (AvgIpc) is 2.62. The van der Waals surface area contributed by atoms with E-state index in [0.29, 0.717) is 33.5 Å². The second-order valence-corrected chi connectivity index (χ2v) is 5.50. The molecule has 2 amide bonds. The quantitative estimate of drug-likeness (QED) is 0.676. The maximum absolute atomic E-state index is 11.8. The summed E-state index contributed by atoms with van der Waals surface area (Å²) >= 11 is 0. The van der Waals surface area contributed by atoms with E-state index in [4.69, 9.17) is 11.5 Å². The van der Waals surface area contributed by atoms with Crippen LogP contribution in [0.4, 0.5) is 0 Å². The Labute approximate surface area is 143 Å². The van der Waals surface area contributed by atoms with Crippen LogP contribution >= 0.6 is 0 Å². The molecule has 0 saturated carbocycles. The number of hydrogen-bond donors (Lipinski definition) is 3. The zero-order valence-corrected chi connectivity index (χ0v) is 13.2. The molecule has 0 aliphatic rings. The summed E-state index contributed by atoms with van der Waals surface area (Å²) < 4.78 is 0. The molecule has 124 valence electrons. The maximum atomic E-state index is 11.8. The summed E-state index contributed by atoms with van der Waals surface area (Å²) in [7, 11) is 0. The lowest BCUT2D eigenvalue weighted by atomic mass is 9.97. The van der Waals surface area contributed by atoms with E-state index in [9.17, 15) is 14.4 Å². The van der Waals surface area contributed by atoms with Crippen molar-refractivity contribution in [1.82, 2.24) is 4.98 Å². The van der Waals surface area contributed by atoms with E-state index in [1.807, 2.05) is 6.07 Å². The topological polar surface area (TPSA) is 119 Å². The number of hydrogen-bond acceptors (Lipinski definition) is 3. The van der Waals surface area contributed by atoms with Crippen molar-refractivity contribution in [2.24, 2.45) is 11.5 Å². The van der Waals surface area contributed by atoms with E-state index in [1.54, 1.807) is 48.5 Å². The maximum Gasteiger partial charge on any atom is 0.248 e. The fourth-order valence-electron chi connectivity index (χ4n) is 2.61. The van der Waals surface area contributed by atoms with Crippen LogP contribution < -0.4 is 17.0 Å². The highest BCUT2D eigenvalue weighted by Gasteiger charge is 2.12. The molecular weight excluding hydrogens is 318 g/mol. The van der Waals surface area contributed by atoms with Gasteiger partial charge >= 0.3 is 0 Å². The van der Waals surface area contributed by atoms with Gasteiger partial charge in [-0.3, -0.25) is 14.4 Å². The van der Waals surface area contributed by atoms with Crippen molar-refractivity contribution < 1.29 is 9.59 Å². The van der Waals surface area contributed by atoms with Crippen molar-refractivity contribution in [2.75, 3.05) is 0 Å². The Morgan fingerprint density at radius 2 is 1.32 bits per heavy atom. The summed E-state index contributed by atoms with van der Waals surface area (Å²) in [6, 6.07) is 16.5. The smallest absolute Gasteiger partial charge is 0.248 e. The fourth-order valence-corrected chi connectivity index (χ4v) is 2.61. The van der Waals surface area contributed by atoms with Crippen LogP contribution in [0.3, 0.4) is 0 Å². The highest BCUT2D eigenvalue weighted by atomic mass is 16.1. The molecular formula is C19H15N3O3. The summed E-state index contributed by atoms with van der Waals surface area (Å²) in [5.41, 5.74) is 13.7. The number of primary amides is 2. The van der Waals surface area contributed by atoms with Gasteiger partial charge in [-0.1, -0.05) is 24.3 Å². The SMILES string of the molecule is NC(=O)c1cccc(-c2ccc(=O)[nH]c2-c2cccc(C(N)=O)c2)c1. The van der Waals surface area contributed by atoms with Crippen LogP contribution in [0.5, 0.6) is 0 Å². The summed E-state index contributed by atoms with van der Waals surface area (Å²) in [4.78, 5) is 37.5. The number of carbonyl (C=O) groups is 2. The molecule has 0 unspecified atom stereocenters. The van der Waals surface area contributed by atoms with Crippen LogP contribution in [0.2, 0.25) is 0 Å². The van der Waals surface area contributed by atoms with Crippen LogP contribution in [0, 0.1) is 0 Å². The van der Waals surface area contributed by atoms with E-state index in [2.05, 4.69) is 4.98 Å². The first-order chi connectivity index (χ1) is 12.0. The molecule has 0 atom stereocenters. The third-order valence-corrected chi connectivity index (χ3v) is 3.81. The first kappa shape index (κ1) is 16.2. The number of amides is 2. The van der Waals surface area contributed by atoms with Crippen molar-refractivity contribution in [2.45, 2.75) is 0 Å². The van der Waals surface area contributed by atoms with Gasteiger partial charge in [0.05, 0.1) is 5.69 Å². The molecule has 5 N–H and O–H groups in total. The fraction of sp³-hybridized carbons (Fsp3) is 0. The Hall–Kier alpha value is -3.67. The highest BCUT2D eigenvalue weighted by molar-refractivity contribution is 5.96. The van der Waals surface area contributed by atoms with Gasteiger partial charge in [0.2, 0.25) is 17.4 Å². The van der Waals surface area contributed by atoms with Crippen LogP contribution in [0.25, 0.3) is 22.4 Å². The molecule has 1 aromatic heterocycles. The number of aromatic nitrogens is 1. The van der Waals surface area contributed by atoms with E-state index in [-0.39, 0.29) is 5.56 Å². The largest absolute Gasteiger partial charge is 0.366 e. The summed E-state index contributed by atoms with van der Waals surface area (Å²) in [6.45, 7) is 0. The molecule has 6 nitrogen and oxygen atoms in total. The number of nitrogens with one attached hydrogen (secondary N) is 1. The Bertz CT molecular complexity index is 1040. The van der Waals surface area contributed by atoms with Gasteiger partial charge in [0.15, 0.2) is 0 Å². The number of benzene rings is 2. The van der Waals surface area contributed by atoms with Crippen LogP contribution in [-0.4, -0.2) is 16.8 Å². The molecule has 3 aromatic rings. The lowest BCUT2D eigenvalue weighted by Crippen LogP contribution is -2.12. The van der Waals surface area contributed by atoms with Crippen LogP contribution in [-0.2, 0) is 0 Å². The normalized spacial score (nSPS) is 10.4. The number of nitrogens with two attached hydrogens (primary N) is 2. The minimum Gasteiger partial charge on any atom is -0.366 e. The second kappa shape index (κ2) is 6.45.